The summed E-state index contributed by atoms with van der Waals surface area (Å²) >= 11 is 0. The average Bonchev–Trinajstić information content (AvgIpc) is 3.48. The quantitative estimate of drug-likeness (QED) is 0.232. The van der Waals surface area contributed by atoms with Crippen LogP contribution in [0.25, 0.3) is 22.2 Å². The van der Waals surface area contributed by atoms with E-state index in [0.29, 0.717) is 0 Å². The van der Waals surface area contributed by atoms with Crippen molar-refractivity contribution in [3.63, 3.8) is 0 Å². The summed E-state index contributed by atoms with van der Waals surface area (Å²) in [6.07, 6.45) is 0. The first kappa shape index (κ1) is 21.9. The van der Waals surface area contributed by atoms with Gasteiger partial charge in [0.1, 0.15) is 0 Å². The summed E-state index contributed by atoms with van der Waals surface area (Å²) in [6.45, 7) is 2.03. The second-order valence-corrected chi connectivity index (χ2v) is 8.19. The van der Waals surface area contributed by atoms with Crippen LogP contribution in [0.5, 0.6) is 0 Å². The molecule has 0 N–H and O–H groups in total. The van der Waals surface area contributed by atoms with E-state index in [9.17, 15) is 4.21 Å². The molecule has 0 radical (unpaired) electrons. The Bertz CT molecular complexity index is 1210. The number of aryl methyl sites for hydroxylation is 1. The summed E-state index contributed by atoms with van der Waals surface area (Å²) in [7, 11) is -1.21. The SMILES string of the molecule is Cc1ccc(S(=O)[c-]2cccc2-c2ccc3ccccc3n2)cc1.[Fe+2].c1cc[cH-]c1. The fourth-order valence-electron chi connectivity index (χ4n) is 3.10. The van der Waals surface area contributed by atoms with E-state index in [1.165, 1.54) is 0 Å². The van der Waals surface area contributed by atoms with Crippen LogP contribution in [0.3, 0.4) is 0 Å². The summed E-state index contributed by atoms with van der Waals surface area (Å²) in [5.41, 5.74) is 3.90. The van der Waals surface area contributed by atoms with Gasteiger partial charge < -0.3 is 0 Å². The maximum atomic E-state index is 13.0. The Labute approximate surface area is 190 Å². The molecule has 2 nitrogen and oxygen atoms in total. The van der Waals surface area contributed by atoms with Crippen LogP contribution in [-0.4, -0.2) is 9.19 Å². The van der Waals surface area contributed by atoms with Gasteiger partial charge in [-0.3, -0.25) is 9.19 Å². The average molecular weight is 451 g/mol. The van der Waals surface area contributed by atoms with E-state index in [1.54, 1.807) is 0 Å². The molecule has 0 saturated carbocycles. The van der Waals surface area contributed by atoms with Gasteiger partial charge in [-0.05, 0) is 41.1 Å². The summed E-state index contributed by atoms with van der Waals surface area (Å²) < 4.78 is 13.0. The van der Waals surface area contributed by atoms with E-state index in [4.69, 9.17) is 4.98 Å². The van der Waals surface area contributed by atoms with E-state index in [-0.39, 0.29) is 17.1 Å². The molecule has 30 heavy (non-hydrogen) atoms. The largest absolute Gasteiger partial charge is 2.00 e. The van der Waals surface area contributed by atoms with Gasteiger partial charge in [-0.25, -0.2) is 12.1 Å². The zero-order valence-electron chi connectivity index (χ0n) is 16.5. The Morgan fingerprint density at radius 3 is 2.27 bits per heavy atom. The Hall–Kier alpha value is -2.78. The number of benzene rings is 2. The van der Waals surface area contributed by atoms with Crippen LogP contribution in [0.2, 0.25) is 0 Å². The van der Waals surface area contributed by atoms with Crippen molar-refractivity contribution in [3.05, 3.63) is 115 Å². The van der Waals surface area contributed by atoms with Crippen LogP contribution in [0.4, 0.5) is 0 Å². The molecule has 0 aliphatic heterocycles. The zero-order valence-corrected chi connectivity index (χ0v) is 18.4. The molecule has 0 spiro atoms. The number of hydrogen-bond acceptors (Lipinski definition) is 2. The third-order valence-electron chi connectivity index (χ3n) is 4.64. The van der Waals surface area contributed by atoms with Gasteiger partial charge in [0.15, 0.2) is 0 Å². The van der Waals surface area contributed by atoms with Crippen molar-refractivity contribution in [1.82, 2.24) is 4.98 Å². The van der Waals surface area contributed by atoms with Crippen molar-refractivity contribution < 1.29 is 21.3 Å². The molecular formula is C26H21FeNOS. The van der Waals surface area contributed by atoms with E-state index in [1.807, 2.05) is 110 Å². The molecule has 1 aromatic heterocycles. The van der Waals surface area contributed by atoms with Crippen molar-refractivity contribution >= 4 is 21.7 Å². The summed E-state index contributed by atoms with van der Waals surface area (Å²) in [5, 5.41) is 1.11. The van der Waals surface area contributed by atoms with E-state index in [0.717, 1.165) is 37.5 Å². The second kappa shape index (κ2) is 10.3. The Kier molecular flexibility index (Phi) is 7.53. The monoisotopic (exact) mass is 451 g/mol. The number of pyridine rings is 1. The molecule has 5 aromatic rings. The van der Waals surface area contributed by atoms with Crippen molar-refractivity contribution in [1.29, 1.82) is 0 Å². The Balaban J connectivity index is 0.000000376. The minimum atomic E-state index is -1.21. The van der Waals surface area contributed by atoms with Crippen LogP contribution < -0.4 is 0 Å². The predicted octanol–water partition coefficient (Wildman–Crippen LogP) is 6.50. The third kappa shape index (κ3) is 5.03. The number of hydrogen-bond donors (Lipinski definition) is 0. The van der Waals surface area contributed by atoms with Crippen molar-refractivity contribution in [2.24, 2.45) is 0 Å². The number of nitrogens with zero attached hydrogens (tertiary/aromatic N) is 1. The first-order chi connectivity index (χ1) is 14.2. The van der Waals surface area contributed by atoms with Gasteiger partial charge >= 0.3 is 17.1 Å². The standard InChI is InChI=1S/C21H16NOS.C5H5.Fe/c1-15-9-12-17(13-10-15)24(23)21-8-4-6-18(21)20-14-11-16-5-2-3-7-19(16)22-20;1-2-4-5-3-1;/h2-14H,1H3;1-5H;/q2*-1;+2. The Morgan fingerprint density at radius 2 is 1.57 bits per heavy atom. The van der Waals surface area contributed by atoms with Gasteiger partial charge in [-0.15, -0.1) is 11.6 Å². The van der Waals surface area contributed by atoms with Crippen LogP contribution in [0, 0.1) is 6.92 Å². The van der Waals surface area contributed by atoms with Crippen LogP contribution in [0.15, 0.2) is 119 Å². The van der Waals surface area contributed by atoms with Gasteiger partial charge in [-0.2, -0.15) is 30.3 Å². The maximum absolute atomic E-state index is 13.0. The first-order valence-corrected chi connectivity index (χ1v) is 10.6. The molecule has 1 heterocycles. The molecule has 0 fully saturated rings. The fraction of sp³-hybridized carbons (Fsp3) is 0.0385. The topological polar surface area (TPSA) is 30.0 Å². The minimum absolute atomic E-state index is 0. The Morgan fingerprint density at radius 1 is 0.833 bits per heavy atom. The first-order valence-electron chi connectivity index (χ1n) is 9.49. The summed E-state index contributed by atoms with van der Waals surface area (Å²) in [6, 6.07) is 35.8. The number of para-hydroxylation sites is 1. The molecule has 0 bridgehead atoms. The summed E-state index contributed by atoms with van der Waals surface area (Å²) in [4.78, 5) is 6.35. The van der Waals surface area contributed by atoms with Crippen LogP contribution in [0.1, 0.15) is 5.56 Å². The molecule has 150 valence electrons. The summed E-state index contributed by atoms with van der Waals surface area (Å²) in [5.74, 6) is 0. The van der Waals surface area contributed by atoms with Crippen LogP contribution in [-0.2, 0) is 27.9 Å². The molecule has 4 aromatic carbocycles. The smallest absolute Gasteiger partial charge is 0.296 e. The van der Waals surface area contributed by atoms with Gasteiger partial charge in [-0.1, -0.05) is 48.0 Å². The normalized spacial score (nSPS) is 11.2. The van der Waals surface area contributed by atoms with Crippen molar-refractivity contribution in [2.75, 3.05) is 0 Å². The van der Waals surface area contributed by atoms with Gasteiger partial charge in [0.05, 0.1) is 5.52 Å². The molecule has 4 heteroatoms. The molecule has 0 aliphatic rings. The fourth-order valence-corrected chi connectivity index (χ4v) is 4.31. The third-order valence-corrected chi connectivity index (χ3v) is 6.10. The molecule has 0 amide bonds. The zero-order chi connectivity index (χ0) is 20.1. The molecule has 0 aliphatic carbocycles. The number of fused-ring (bicyclic) bond motifs is 1. The van der Waals surface area contributed by atoms with E-state index in [2.05, 4.69) is 6.07 Å². The predicted molar refractivity (Wildman–Crippen MR) is 121 cm³/mol. The van der Waals surface area contributed by atoms with Gasteiger partial charge in [0.25, 0.3) is 0 Å². The van der Waals surface area contributed by atoms with Gasteiger partial charge in [0.2, 0.25) is 0 Å². The molecular weight excluding hydrogens is 430 g/mol. The minimum Gasteiger partial charge on any atom is -0.296 e. The second-order valence-electron chi connectivity index (χ2n) is 6.74. The number of aromatic nitrogens is 1. The van der Waals surface area contributed by atoms with Crippen molar-refractivity contribution in [3.8, 4) is 11.3 Å². The van der Waals surface area contributed by atoms with Gasteiger partial charge in [0, 0.05) is 15.7 Å². The molecule has 1 unspecified atom stereocenters. The van der Waals surface area contributed by atoms with E-state index >= 15 is 0 Å². The molecule has 5 rings (SSSR count). The maximum Gasteiger partial charge on any atom is 2.00 e. The number of rotatable bonds is 3. The van der Waals surface area contributed by atoms with E-state index < -0.39 is 10.8 Å². The molecule has 0 saturated heterocycles. The van der Waals surface area contributed by atoms with Crippen molar-refractivity contribution in [2.45, 2.75) is 16.7 Å². The van der Waals surface area contributed by atoms with Crippen LogP contribution >= 0.6 is 0 Å². The molecule has 1 atom stereocenters.